The first-order chi connectivity index (χ1) is 14.8. The van der Waals surface area contributed by atoms with Gasteiger partial charge in [-0.1, -0.05) is 12.1 Å². The highest BCUT2D eigenvalue weighted by Crippen LogP contribution is 2.34. The maximum Gasteiger partial charge on any atom is 0.155 e. The van der Waals surface area contributed by atoms with Gasteiger partial charge in [0.15, 0.2) is 5.65 Å². The van der Waals surface area contributed by atoms with Crippen molar-refractivity contribution in [2.75, 3.05) is 0 Å². The van der Waals surface area contributed by atoms with Crippen molar-refractivity contribution in [3.05, 3.63) is 73.4 Å². The van der Waals surface area contributed by atoms with Crippen LogP contribution in [0.4, 0.5) is 0 Å². The number of hydrogen-bond acceptors (Lipinski definition) is 4. The van der Waals surface area contributed by atoms with Crippen molar-refractivity contribution in [2.24, 2.45) is 7.05 Å². The minimum Gasteiger partial charge on any atom is -0.353 e. The maximum absolute atomic E-state index is 4.56. The van der Waals surface area contributed by atoms with Crippen LogP contribution in [0.2, 0.25) is 0 Å². The van der Waals surface area contributed by atoms with E-state index in [9.17, 15) is 0 Å². The summed E-state index contributed by atoms with van der Waals surface area (Å²) in [6.07, 6.45) is 9.29. The molecule has 30 heavy (non-hydrogen) atoms. The number of hydrogen-bond donors (Lipinski definition) is 2. The number of pyridine rings is 2. The molecule has 0 saturated heterocycles. The Kier molecular flexibility index (Phi) is 3.55. The van der Waals surface area contributed by atoms with Crippen molar-refractivity contribution in [1.82, 2.24) is 34.9 Å². The fraction of sp³-hybridized carbons (Fsp3) is 0.0435. The molecule has 7 heteroatoms. The third kappa shape index (κ3) is 2.60. The Labute approximate surface area is 171 Å². The second-order valence-corrected chi connectivity index (χ2v) is 7.28. The molecular weight excluding hydrogens is 374 g/mol. The molecule has 0 atom stereocenters. The number of nitrogens with one attached hydrogen (secondary N) is 2. The Bertz CT molecular complexity index is 1510. The molecule has 0 spiro atoms. The van der Waals surface area contributed by atoms with Gasteiger partial charge in [-0.15, -0.1) is 0 Å². The van der Waals surface area contributed by atoms with Crippen LogP contribution in [-0.4, -0.2) is 34.9 Å². The van der Waals surface area contributed by atoms with E-state index in [1.165, 1.54) is 0 Å². The summed E-state index contributed by atoms with van der Waals surface area (Å²) < 4.78 is 1.79. The molecule has 6 aromatic rings. The Morgan fingerprint density at radius 1 is 0.900 bits per heavy atom. The van der Waals surface area contributed by atoms with E-state index >= 15 is 0 Å². The van der Waals surface area contributed by atoms with Crippen molar-refractivity contribution < 1.29 is 0 Å². The van der Waals surface area contributed by atoms with Crippen molar-refractivity contribution in [2.45, 2.75) is 0 Å². The second-order valence-electron chi connectivity index (χ2n) is 7.28. The number of benzene rings is 1. The third-order valence-corrected chi connectivity index (χ3v) is 5.37. The molecule has 5 heterocycles. The first kappa shape index (κ1) is 16.7. The van der Waals surface area contributed by atoms with Crippen molar-refractivity contribution in [3.63, 3.8) is 0 Å². The molecule has 0 fully saturated rings. The van der Waals surface area contributed by atoms with Crippen molar-refractivity contribution in [1.29, 1.82) is 0 Å². The van der Waals surface area contributed by atoms with E-state index in [1.807, 2.05) is 50.2 Å². The number of aryl methyl sites for hydroxylation is 1. The number of nitrogens with zero attached hydrogens (tertiary/aromatic N) is 5. The minimum atomic E-state index is 0.755. The van der Waals surface area contributed by atoms with Crippen LogP contribution in [-0.2, 0) is 7.05 Å². The average Bonchev–Trinajstić information content (AvgIpc) is 3.50. The highest BCUT2D eigenvalue weighted by atomic mass is 15.2. The molecule has 7 nitrogen and oxygen atoms in total. The van der Waals surface area contributed by atoms with Crippen LogP contribution in [0.25, 0.3) is 55.6 Å². The number of aromatic amines is 2. The molecule has 6 rings (SSSR count). The lowest BCUT2D eigenvalue weighted by molar-refractivity contribution is 0.768. The van der Waals surface area contributed by atoms with Crippen LogP contribution >= 0.6 is 0 Å². The summed E-state index contributed by atoms with van der Waals surface area (Å²) in [5.41, 5.74) is 7.93. The van der Waals surface area contributed by atoms with Gasteiger partial charge in [-0.3, -0.25) is 14.8 Å². The smallest absolute Gasteiger partial charge is 0.155 e. The largest absolute Gasteiger partial charge is 0.353 e. The lowest BCUT2D eigenvalue weighted by atomic mass is 10.0. The number of H-pyrrole nitrogens is 2. The van der Waals surface area contributed by atoms with Crippen molar-refractivity contribution in [3.8, 4) is 33.6 Å². The molecule has 0 amide bonds. The summed E-state index contributed by atoms with van der Waals surface area (Å²) in [5, 5.41) is 14.0. The predicted octanol–water partition coefficient (Wildman–Crippen LogP) is 4.57. The summed E-state index contributed by atoms with van der Waals surface area (Å²) >= 11 is 0. The zero-order chi connectivity index (χ0) is 20.1. The molecule has 0 bridgehead atoms. The predicted molar refractivity (Wildman–Crippen MR) is 117 cm³/mol. The van der Waals surface area contributed by atoms with Crippen LogP contribution < -0.4 is 0 Å². The first-order valence-corrected chi connectivity index (χ1v) is 9.62. The molecule has 0 aliphatic rings. The fourth-order valence-corrected chi connectivity index (χ4v) is 3.90. The molecule has 1 aromatic carbocycles. The molecule has 0 radical (unpaired) electrons. The quantitative estimate of drug-likeness (QED) is 0.463. The van der Waals surface area contributed by atoms with E-state index in [1.54, 1.807) is 4.68 Å². The van der Waals surface area contributed by atoms with Gasteiger partial charge in [0.1, 0.15) is 5.69 Å². The Hall–Kier alpha value is -4.26. The van der Waals surface area contributed by atoms with E-state index in [4.69, 9.17) is 0 Å². The molecule has 0 saturated carbocycles. The number of fused-ring (bicyclic) bond motifs is 2. The van der Waals surface area contributed by atoms with Gasteiger partial charge < -0.3 is 4.98 Å². The van der Waals surface area contributed by atoms with Gasteiger partial charge in [0.05, 0.1) is 11.9 Å². The van der Waals surface area contributed by atoms with Crippen LogP contribution in [0.5, 0.6) is 0 Å². The highest BCUT2D eigenvalue weighted by molar-refractivity contribution is 6.01. The zero-order valence-corrected chi connectivity index (χ0v) is 16.2. The zero-order valence-electron chi connectivity index (χ0n) is 16.2. The molecule has 144 valence electrons. The molecule has 0 aliphatic heterocycles. The van der Waals surface area contributed by atoms with Gasteiger partial charge >= 0.3 is 0 Å². The van der Waals surface area contributed by atoms with E-state index in [2.05, 4.69) is 60.6 Å². The third-order valence-electron chi connectivity index (χ3n) is 5.37. The van der Waals surface area contributed by atoms with E-state index < -0.39 is 0 Å². The standard InChI is InChI=1S/C23H17N7/c1-30-13-16(12-26-30)15-9-19-22(28-29-23(19)25-11-15)21-10-18-17(3-2-4-20(18)27-21)14-5-7-24-8-6-14/h2-13,27H,1H3,(H,25,28,29). The van der Waals surface area contributed by atoms with Crippen LogP contribution in [0.1, 0.15) is 0 Å². The Balaban J connectivity index is 1.52. The highest BCUT2D eigenvalue weighted by Gasteiger charge is 2.15. The lowest BCUT2D eigenvalue weighted by Crippen LogP contribution is -1.84. The monoisotopic (exact) mass is 391 g/mol. The summed E-state index contributed by atoms with van der Waals surface area (Å²) in [4.78, 5) is 12.2. The summed E-state index contributed by atoms with van der Waals surface area (Å²) in [5.74, 6) is 0. The van der Waals surface area contributed by atoms with Gasteiger partial charge in [-0.05, 0) is 41.5 Å². The average molecular weight is 391 g/mol. The SMILES string of the molecule is Cn1cc(-c2cnc3[nH]nc(-c4cc5c(-c6ccncc6)cccc5[nH]4)c3c2)cn1. The number of rotatable bonds is 3. The topological polar surface area (TPSA) is 88.1 Å². The van der Waals surface area contributed by atoms with Gasteiger partial charge in [-0.25, -0.2) is 4.98 Å². The van der Waals surface area contributed by atoms with Crippen LogP contribution in [0.3, 0.4) is 0 Å². The van der Waals surface area contributed by atoms with E-state index in [-0.39, 0.29) is 0 Å². The molecule has 0 aliphatic carbocycles. The van der Waals surface area contributed by atoms with Gasteiger partial charge in [0.25, 0.3) is 0 Å². The first-order valence-electron chi connectivity index (χ1n) is 9.62. The Morgan fingerprint density at radius 3 is 2.63 bits per heavy atom. The van der Waals surface area contributed by atoms with Crippen LogP contribution in [0, 0.1) is 0 Å². The van der Waals surface area contributed by atoms with Gasteiger partial charge in [0.2, 0.25) is 0 Å². The lowest BCUT2D eigenvalue weighted by Gasteiger charge is -2.02. The molecular formula is C23H17N7. The second kappa shape index (κ2) is 6.38. The minimum absolute atomic E-state index is 0.755. The van der Waals surface area contributed by atoms with E-state index in [0.717, 1.165) is 55.6 Å². The summed E-state index contributed by atoms with van der Waals surface area (Å²) in [7, 11) is 1.91. The molecule has 2 N–H and O–H groups in total. The van der Waals surface area contributed by atoms with E-state index in [0.29, 0.717) is 0 Å². The number of aromatic nitrogens is 7. The normalized spacial score (nSPS) is 11.5. The Morgan fingerprint density at radius 2 is 1.80 bits per heavy atom. The van der Waals surface area contributed by atoms with Gasteiger partial charge in [0, 0.05) is 59.3 Å². The van der Waals surface area contributed by atoms with Crippen molar-refractivity contribution >= 4 is 21.9 Å². The van der Waals surface area contributed by atoms with Gasteiger partial charge in [-0.2, -0.15) is 10.2 Å². The van der Waals surface area contributed by atoms with Crippen LogP contribution in [0.15, 0.2) is 73.4 Å². The summed E-state index contributed by atoms with van der Waals surface area (Å²) in [6.45, 7) is 0. The fourth-order valence-electron chi connectivity index (χ4n) is 3.90. The summed E-state index contributed by atoms with van der Waals surface area (Å²) in [6, 6.07) is 14.6. The molecule has 0 unspecified atom stereocenters. The maximum atomic E-state index is 4.56. The molecule has 5 aromatic heterocycles.